The van der Waals surface area contributed by atoms with E-state index in [1.807, 2.05) is 0 Å². The molecule has 0 aromatic carbocycles. The maximum atomic E-state index is 12.2. The summed E-state index contributed by atoms with van der Waals surface area (Å²) >= 11 is 0. The fraction of sp³-hybridized carbons (Fsp3) is 0.167. The van der Waals surface area contributed by atoms with Crippen molar-refractivity contribution in [1.82, 2.24) is 4.98 Å². The predicted octanol–water partition coefficient (Wildman–Crippen LogP) is 1.53. The standard InChI is InChI=1S/C6H3F4NO/c7-4-1-3(6(8,9)10)2-5(12)11-4/h1-2H,(H,11,12). The number of halogens is 4. The van der Waals surface area contributed by atoms with E-state index in [4.69, 9.17) is 0 Å². The lowest BCUT2D eigenvalue weighted by Crippen LogP contribution is -2.14. The number of nitrogens with one attached hydrogen (secondary N) is 1. The molecular weight excluding hydrogens is 178 g/mol. The van der Waals surface area contributed by atoms with Crippen LogP contribution in [0.25, 0.3) is 0 Å². The second-order valence-corrected chi connectivity index (χ2v) is 2.08. The maximum Gasteiger partial charge on any atom is 0.416 e. The summed E-state index contributed by atoms with van der Waals surface area (Å²) in [5, 5.41) is 0. The quantitative estimate of drug-likeness (QED) is 0.477. The molecule has 0 fully saturated rings. The van der Waals surface area contributed by atoms with Crippen LogP contribution in [0.4, 0.5) is 17.6 Å². The average Bonchev–Trinajstić information content (AvgIpc) is 1.82. The summed E-state index contributed by atoms with van der Waals surface area (Å²) in [4.78, 5) is 11.9. The van der Waals surface area contributed by atoms with Crippen LogP contribution in [0, 0.1) is 5.95 Å². The predicted molar refractivity (Wildman–Crippen MR) is 32.0 cm³/mol. The first-order valence-corrected chi connectivity index (χ1v) is 2.86. The van der Waals surface area contributed by atoms with Gasteiger partial charge < -0.3 is 0 Å². The summed E-state index contributed by atoms with van der Waals surface area (Å²) in [5.74, 6) is -1.30. The van der Waals surface area contributed by atoms with E-state index in [1.54, 1.807) is 4.98 Å². The van der Waals surface area contributed by atoms with Crippen LogP contribution in [0.1, 0.15) is 5.56 Å². The Morgan fingerprint density at radius 1 is 1.25 bits per heavy atom. The molecule has 0 aliphatic heterocycles. The van der Waals surface area contributed by atoms with E-state index >= 15 is 0 Å². The van der Waals surface area contributed by atoms with Crippen LogP contribution in [-0.4, -0.2) is 4.98 Å². The monoisotopic (exact) mass is 181 g/mol. The van der Waals surface area contributed by atoms with E-state index in [1.165, 1.54) is 0 Å². The van der Waals surface area contributed by atoms with Crippen molar-refractivity contribution in [3.8, 4) is 0 Å². The third-order valence-corrected chi connectivity index (χ3v) is 1.14. The zero-order chi connectivity index (χ0) is 9.35. The Labute approximate surface area is 63.8 Å². The minimum atomic E-state index is -4.69. The van der Waals surface area contributed by atoms with Crippen LogP contribution < -0.4 is 5.56 Å². The summed E-state index contributed by atoms with van der Waals surface area (Å²) in [7, 11) is 0. The Kier molecular flexibility index (Phi) is 1.91. The number of rotatable bonds is 0. The Balaban J connectivity index is 3.27. The van der Waals surface area contributed by atoms with Crippen molar-refractivity contribution in [2.24, 2.45) is 0 Å². The fourth-order valence-corrected chi connectivity index (χ4v) is 0.673. The highest BCUT2D eigenvalue weighted by Crippen LogP contribution is 2.27. The molecule has 1 heterocycles. The molecule has 1 aromatic rings. The number of hydrogen-bond donors (Lipinski definition) is 1. The molecule has 0 spiro atoms. The van der Waals surface area contributed by atoms with Crippen molar-refractivity contribution < 1.29 is 17.6 Å². The summed E-state index contributed by atoms with van der Waals surface area (Å²) < 4.78 is 47.7. The third kappa shape index (κ3) is 1.84. The molecule has 0 unspecified atom stereocenters. The van der Waals surface area contributed by atoms with Gasteiger partial charge in [0.1, 0.15) is 0 Å². The van der Waals surface area contributed by atoms with Gasteiger partial charge in [-0.05, 0) is 0 Å². The van der Waals surface area contributed by atoms with Gasteiger partial charge in [-0.2, -0.15) is 17.6 Å². The van der Waals surface area contributed by atoms with Crippen molar-refractivity contribution in [3.63, 3.8) is 0 Å². The van der Waals surface area contributed by atoms with Crippen molar-refractivity contribution in [3.05, 3.63) is 34.0 Å². The molecule has 0 saturated heterocycles. The molecule has 0 amide bonds. The van der Waals surface area contributed by atoms with Gasteiger partial charge in [0.2, 0.25) is 0 Å². The largest absolute Gasteiger partial charge is 0.416 e. The number of pyridine rings is 1. The van der Waals surface area contributed by atoms with Gasteiger partial charge in [-0.15, -0.1) is 0 Å². The number of hydrogen-bond acceptors (Lipinski definition) is 1. The summed E-state index contributed by atoms with van der Waals surface area (Å²) in [6, 6.07) is 0.518. The van der Waals surface area contributed by atoms with Gasteiger partial charge in [-0.1, -0.05) is 0 Å². The van der Waals surface area contributed by atoms with Gasteiger partial charge in [0, 0.05) is 12.1 Å². The maximum absolute atomic E-state index is 12.2. The molecule has 1 rings (SSSR count). The Hall–Kier alpha value is -1.33. The van der Waals surface area contributed by atoms with Crippen molar-refractivity contribution in [2.45, 2.75) is 6.18 Å². The van der Waals surface area contributed by atoms with E-state index in [9.17, 15) is 22.4 Å². The Bertz CT molecular complexity index is 340. The van der Waals surface area contributed by atoms with E-state index < -0.39 is 23.2 Å². The third-order valence-electron chi connectivity index (χ3n) is 1.14. The number of H-pyrrole nitrogens is 1. The van der Waals surface area contributed by atoms with Gasteiger partial charge >= 0.3 is 6.18 Å². The normalized spacial score (nSPS) is 11.7. The first kappa shape index (κ1) is 8.76. The van der Waals surface area contributed by atoms with Crippen LogP contribution in [0.5, 0.6) is 0 Å². The highest BCUT2D eigenvalue weighted by molar-refractivity contribution is 5.14. The topological polar surface area (TPSA) is 32.9 Å². The molecule has 2 nitrogen and oxygen atoms in total. The second-order valence-electron chi connectivity index (χ2n) is 2.08. The van der Waals surface area contributed by atoms with Crippen molar-refractivity contribution in [1.29, 1.82) is 0 Å². The van der Waals surface area contributed by atoms with Crippen LogP contribution in [0.2, 0.25) is 0 Å². The van der Waals surface area contributed by atoms with Gasteiger partial charge in [0.15, 0.2) is 5.95 Å². The molecular formula is C6H3F4NO. The lowest BCUT2D eigenvalue weighted by atomic mass is 10.2. The molecule has 0 bridgehead atoms. The van der Waals surface area contributed by atoms with Crippen LogP contribution >= 0.6 is 0 Å². The van der Waals surface area contributed by atoms with E-state index in [0.29, 0.717) is 6.07 Å². The highest BCUT2D eigenvalue weighted by atomic mass is 19.4. The first-order valence-electron chi connectivity index (χ1n) is 2.86. The second kappa shape index (κ2) is 2.62. The number of alkyl halides is 3. The lowest BCUT2D eigenvalue weighted by Gasteiger charge is -2.04. The van der Waals surface area contributed by atoms with Crippen LogP contribution in [0.3, 0.4) is 0 Å². The van der Waals surface area contributed by atoms with Gasteiger partial charge in [-0.3, -0.25) is 9.78 Å². The van der Waals surface area contributed by atoms with Crippen molar-refractivity contribution >= 4 is 0 Å². The highest BCUT2D eigenvalue weighted by Gasteiger charge is 2.31. The lowest BCUT2D eigenvalue weighted by molar-refractivity contribution is -0.137. The molecule has 1 aromatic heterocycles. The molecule has 0 radical (unpaired) electrons. The van der Waals surface area contributed by atoms with E-state index in [0.717, 1.165) is 0 Å². The Morgan fingerprint density at radius 2 is 1.83 bits per heavy atom. The molecule has 0 atom stereocenters. The first-order chi connectivity index (χ1) is 5.39. The SMILES string of the molecule is O=c1cc(C(F)(F)F)cc(F)[nH]1. The summed E-state index contributed by atoms with van der Waals surface area (Å²) in [6.07, 6.45) is -4.69. The molecule has 0 aliphatic carbocycles. The van der Waals surface area contributed by atoms with E-state index in [2.05, 4.69) is 0 Å². The molecule has 6 heteroatoms. The zero-order valence-corrected chi connectivity index (χ0v) is 5.57. The molecule has 66 valence electrons. The van der Waals surface area contributed by atoms with Gasteiger partial charge in [0.05, 0.1) is 5.56 Å². The molecule has 12 heavy (non-hydrogen) atoms. The fourth-order valence-electron chi connectivity index (χ4n) is 0.673. The number of aromatic amines is 1. The van der Waals surface area contributed by atoms with Crippen LogP contribution in [-0.2, 0) is 6.18 Å². The summed E-state index contributed by atoms with van der Waals surface area (Å²) in [6.45, 7) is 0. The van der Waals surface area contributed by atoms with Gasteiger partial charge in [-0.25, -0.2) is 0 Å². The minimum absolute atomic E-state index is 0.224. The minimum Gasteiger partial charge on any atom is -0.299 e. The van der Waals surface area contributed by atoms with Crippen molar-refractivity contribution in [2.75, 3.05) is 0 Å². The smallest absolute Gasteiger partial charge is 0.299 e. The Morgan fingerprint density at radius 3 is 2.25 bits per heavy atom. The molecule has 0 saturated carbocycles. The number of aromatic nitrogens is 1. The van der Waals surface area contributed by atoms with Crippen LogP contribution in [0.15, 0.2) is 16.9 Å². The molecule has 0 aliphatic rings. The van der Waals surface area contributed by atoms with Gasteiger partial charge in [0.25, 0.3) is 5.56 Å². The average molecular weight is 181 g/mol. The summed E-state index contributed by atoms with van der Waals surface area (Å²) in [5.41, 5.74) is -2.40. The zero-order valence-electron chi connectivity index (χ0n) is 5.57. The molecule has 1 N–H and O–H groups in total. The van der Waals surface area contributed by atoms with E-state index in [-0.39, 0.29) is 6.07 Å².